The van der Waals surface area contributed by atoms with Crippen molar-refractivity contribution in [3.8, 4) is 5.75 Å². The van der Waals surface area contributed by atoms with E-state index < -0.39 is 5.82 Å². The van der Waals surface area contributed by atoms with Gasteiger partial charge in [-0.05, 0) is 24.7 Å². The number of halogens is 3. The molecular formula is C15H15Cl2FN2O. The summed E-state index contributed by atoms with van der Waals surface area (Å²) < 4.78 is 18.8. The molecule has 0 aliphatic heterocycles. The van der Waals surface area contributed by atoms with Crippen LogP contribution >= 0.6 is 23.2 Å². The summed E-state index contributed by atoms with van der Waals surface area (Å²) in [6, 6.07) is 4.80. The maximum atomic E-state index is 13.1. The van der Waals surface area contributed by atoms with Gasteiger partial charge < -0.3 is 10.1 Å². The molecular weight excluding hydrogens is 314 g/mol. The van der Waals surface area contributed by atoms with E-state index in [1.54, 1.807) is 18.3 Å². The fourth-order valence-electron chi connectivity index (χ4n) is 1.86. The van der Waals surface area contributed by atoms with Crippen LogP contribution in [0.25, 0.3) is 0 Å². The average Bonchev–Trinajstić information content (AvgIpc) is 2.44. The molecule has 6 heteroatoms. The first kappa shape index (κ1) is 16.0. The maximum Gasteiger partial charge on any atom is 0.142 e. The standard InChI is InChI=1S/C15H15Cl2FN2O/c1-2-19-7-11-4-12(16)5-14(17)15(11)21-9-10-3-13(18)8-20-6-10/h3-6,8,19H,2,7,9H2,1H3. The van der Waals surface area contributed by atoms with Crippen LogP contribution in [0.15, 0.2) is 30.6 Å². The van der Waals surface area contributed by atoms with Gasteiger partial charge in [-0.1, -0.05) is 30.1 Å². The molecule has 0 atom stereocenters. The monoisotopic (exact) mass is 328 g/mol. The Morgan fingerprint density at radius 3 is 2.76 bits per heavy atom. The molecule has 1 N–H and O–H groups in total. The third kappa shape index (κ3) is 4.56. The molecule has 0 aliphatic rings. The Labute approximate surface area is 133 Å². The normalized spacial score (nSPS) is 10.7. The molecule has 2 aromatic rings. The molecule has 112 valence electrons. The first-order valence-corrected chi connectivity index (χ1v) is 7.26. The summed E-state index contributed by atoms with van der Waals surface area (Å²) >= 11 is 12.2. The van der Waals surface area contributed by atoms with Gasteiger partial charge >= 0.3 is 0 Å². The van der Waals surface area contributed by atoms with Gasteiger partial charge in [-0.15, -0.1) is 0 Å². The first-order valence-electron chi connectivity index (χ1n) is 6.51. The number of nitrogens with one attached hydrogen (secondary N) is 1. The molecule has 2 rings (SSSR count). The third-order valence-corrected chi connectivity index (χ3v) is 3.29. The second-order valence-corrected chi connectivity index (χ2v) is 5.30. The predicted octanol–water partition coefficient (Wildman–Crippen LogP) is 4.22. The maximum absolute atomic E-state index is 13.1. The Morgan fingerprint density at radius 2 is 2.05 bits per heavy atom. The number of nitrogens with zero attached hydrogens (tertiary/aromatic N) is 1. The summed E-state index contributed by atoms with van der Waals surface area (Å²) in [4.78, 5) is 3.78. The van der Waals surface area contributed by atoms with Crippen molar-refractivity contribution in [2.75, 3.05) is 6.54 Å². The van der Waals surface area contributed by atoms with Crippen LogP contribution in [-0.4, -0.2) is 11.5 Å². The molecule has 0 radical (unpaired) electrons. The zero-order valence-electron chi connectivity index (χ0n) is 11.5. The molecule has 1 heterocycles. The number of aromatic nitrogens is 1. The van der Waals surface area contributed by atoms with Crippen LogP contribution in [0.1, 0.15) is 18.1 Å². The lowest BCUT2D eigenvalue weighted by Gasteiger charge is -2.14. The summed E-state index contributed by atoms with van der Waals surface area (Å²) in [5, 5.41) is 4.18. The highest BCUT2D eigenvalue weighted by Crippen LogP contribution is 2.33. The molecule has 3 nitrogen and oxygen atoms in total. The van der Waals surface area contributed by atoms with Gasteiger partial charge in [0.25, 0.3) is 0 Å². The lowest BCUT2D eigenvalue weighted by atomic mass is 10.2. The van der Waals surface area contributed by atoms with Gasteiger partial charge in [0.1, 0.15) is 18.2 Å². The van der Waals surface area contributed by atoms with E-state index in [1.807, 2.05) is 6.92 Å². The molecule has 21 heavy (non-hydrogen) atoms. The fourth-order valence-corrected chi connectivity index (χ4v) is 2.45. The summed E-state index contributed by atoms with van der Waals surface area (Å²) in [6.45, 7) is 3.60. The molecule has 1 aromatic heterocycles. The highest BCUT2D eigenvalue weighted by molar-refractivity contribution is 6.35. The van der Waals surface area contributed by atoms with Gasteiger partial charge in [-0.2, -0.15) is 0 Å². The smallest absolute Gasteiger partial charge is 0.142 e. The molecule has 0 saturated heterocycles. The van der Waals surface area contributed by atoms with Gasteiger partial charge in [0.2, 0.25) is 0 Å². The third-order valence-electron chi connectivity index (χ3n) is 2.80. The van der Waals surface area contributed by atoms with Crippen molar-refractivity contribution in [3.05, 3.63) is 57.6 Å². The van der Waals surface area contributed by atoms with Crippen molar-refractivity contribution >= 4 is 23.2 Å². The van der Waals surface area contributed by atoms with E-state index >= 15 is 0 Å². The van der Waals surface area contributed by atoms with Crippen LogP contribution in [0, 0.1) is 5.82 Å². The molecule has 1 aromatic carbocycles. The lowest BCUT2D eigenvalue weighted by Crippen LogP contribution is -2.13. The van der Waals surface area contributed by atoms with E-state index in [1.165, 1.54) is 6.07 Å². The van der Waals surface area contributed by atoms with Gasteiger partial charge in [-0.25, -0.2) is 4.39 Å². The number of rotatable bonds is 6. The van der Waals surface area contributed by atoms with Crippen LogP contribution in [0.4, 0.5) is 4.39 Å². The topological polar surface area (TPSA) is 34.1 Å². The Bertz CT molecular complexity index is 623. The lowest BCUT2D eigenvalue weighted by molar-refractivity contribution is 0.301. The number of benzene rings is 1. The van der Waals surface area contributed by atoms with Gasteiger partial charge in [-0.3, -0.25) is 4.98 Å². The molecule has 0 unspecified atom stereocenters. The van der Waals surface area contributed by atoms with Crippen molar-refractivity contribution in [2.45, 2.75) is 20.1 Å². The fraction of sp³-hybridized carbons (Fsp3) is 0.267. The Morgan fingerprint density at radius 1 is 1.24 bits per heavy atom. The van der Waals surface area contributed by atoms with E-state index in [0.717, 1.165) is 18.3 Å². The van der Waals surface area contributed by atoms with Crippen molar-refractivity contribution in [1.82, 2.24) is 10.3 Å². The van der Waals surface area contributed by atoms with E-state index in [9.17, 15) is 4.39 Å². The summed E-state index contributed by atoms with van der Waals surface area (Å²) in [7, 11) is 0. The molecule has 0 aliphatic carbocycles. The quantitative estimate of drug-likeness (QED) is 0.862. The Kier molecular flexibility index (Phi) is 5.79. The Balaban J connectivity index is 2.18. The van der Waals surface area contributed by atoms with Crippen molar-refractivity contribution < 1.29 is 9.13 Å². The first-order chi connectivity index (χ1) is 10.1. The number of hydrogen-bond acceptors (Lipinski definition) is 3. The van der Waals surface area contributed by atoms with Gasteiger partial charge in [0.15, 0.2) is 0 Å². The predicted molar refractivity (Wildman–Crippen MR) is 82.4 cm³/mol. The average molecular weight is 329 g/mol. The zero-order chi connectivity index (χ0) is 15.2. The van der Waals surface area contributed by atoms with Crippen LogP contribution < -0.4 is 10.1 Å². The second kappa shape index (κ2) is 7.59. The summed E-state index contributed by atoms with van der Waals surface area (Å²) in [5.74, 6) is 0.150. The molecule has 0 saturated carbocycles. The van der Waals surface area contributed by atoms with E-state index in [2.05, 4.69) is 10.3 Å². The van der Waals surface area contributed by atoms with Crippen LogP contribution in [0.5, 0.6) is 5.75 Å². The molecule has 0 bridgehead atoms. The van der Waals surface area contributed by atoms with Crippen LogP contribution in [0.3, 0.4) is 0 Å². The summed E-state index contributed by atoms with van der Waals surface area (Å²) in [6.07, 6.45) is 2.70. The second-order valence-electron chi connectivity index (χ2n) is 4.46. The minimum Gasteiger partial charge on any atom is -0.487 e. The molecule has 0 spiro atoms. The molecule has 0 amide bonds. The minimum absolute atomic E-state index is 0.186. The van der Waals surface area contributed by atoms with E-state index in [0.29, 0.717) is 27.9 Å². The SMILES string of the molecule is CCNCc1cc(Cl)cc(Cl)c1OCc1cncc(F)c1. The van der Waals surface area contributed by atoms with Crippen LogP contribution in [0.2, 0.25) is 10.0 Å². The van der Waals surface area contributed by atoms with E-state index in [-0.39, 0.29) is 6.61 Å². The van der Waals surface area contributed by atoms with Gasteiger partial charge in [0, 0.05) is 28.9 Å². The van der Waals surface area contributed by atoms with Gasteiger partial charge in [0.05, 0.1) is 11.2 Å². The number of pyridine rings is 1. The molecule has 0 fully saturated rings. The highest BCUT2D eigenvalue weighted by atomic mass is 35.5. The highest BCUT2D eigenvalue weighted by Gasteiger charge is 2.11. The Hall–Kier alpha value is -1.36. The van der Waals surface area contributed by atoms with E-state index in [4.69, 9.17) is 27.9 Å². The van der Waals surface area contributed by atoms with Crippen LogP contribution in [-0.2, 0) is 13.2 Å². The van der Waals surface area contributed by atoms with Crippen molar-refractivity contribution in [1.29, 1.82) is 0 Å². The minimum atomic E-state index is -0.397. The van der Waals surface area contributed by atoms with Crippen molar-refractivity contribution in [2.24, 2.45) is 0 Å². The number of hydrogen-bond donors (Lipinski definition) is 1. The largest absolute Gasteiger partial charge is 0.487 e. The van der Waals surface area contributed by atoms with Crippen molar-refractivity contribution in [3.63, 3.8) is 0 Å². The number of ether oxygens (including phenoxy) is 1. The summed E-state index contributed by atoms with van der Waals surface area (Å²) in [5.41, 5.74) is 1.49. The zero-order valence-corrected chi connectivity index (χ0v) is 13.0.